The third kappa shape index (κ3) is 3.30. The Kier molecular flexibility index (Phi) is 4.38. The molecule has 1 fully saturated rings. The molecule has 2 aromatic heterocycles. The highest BCUT2D eigenvalue weighted by Gasteiger charge is 2.20. The zero-order valence-electron chi connectivity index (χ0n) is 15.3. The number of fused-ring (bicyclic) bond motifs is 1. The summed E-state index contributed by atoms with van der Waals surface area (Å²) in [6, 6.07) is 6.00. The number of aryl methyl sites for hydroxylation is 2. The number of benzene rings is 1. The van der Waals surface area contributed by atoms with E-state index in [1.165, 1.54) is 11.1 Å². The van der Waals surface area contributed by atoms with Crippen LogP contribution in [0.15, 0.2) is 30.6 Å². The van der Waals surface area contributed by atoms with E-state index in [0.29, 0.717) is 23.0 Å². The molecule has 0 spiro atoms. The maximum atomic E-state index is 6.09. The molecule has 1 aromatic carbocycles. The van der Waals surface area contributed by atoms with Crippen molar-refractivity contribution >= 4 is 17.1 Å². The molecule has 26 heavy (non-hydrogen) atoms. The van der Waals surface area contributed by atoms with Crippen LogP contribution >= 0.6 is 0 Å². The number of aromatic nitrogens is 4. The summed E-state index contributed by atoms with van der Waals surface area (Å²) in [7, 11) is 2.12. The van der Waals surface area contributed by atoms with Gasteiger partial charge in [0.15, 0.2) is 11.2 Å². The number of ether oxygens (including phenoxy) is 1. The summed E-state index contributed by atoms with van der Waals surface area (Å²) in [5.74, 6) is 1.83. The normalized spacial score (nSPS) is 15.4. The summed E-state index contributed by atoms with van der Waals surface area (Å²) >= 11 is 0. The van der Waals surface area contributed by atoms with Gasteiger partial charge in [-0.15, -0.1) is 0 Å². The standard InChI is InChI=1S/C19H22N6O/c1-13-4-5-15(12-14(13)2)26-18-16-17(21-7-6-20-16)22-19(23-18)25-10-8-24(3)9-11-25/h4-7,12H,8-11H2,1-3H3. The van der Waals surface area contributed by atoms with Crippen LogP contribution in [0.1, 0.15) is 11.1 Å². The van der Waals surface area contributed by atoms with Crippen LogP contribution < -0.4 is 9.64 Å². The van der Waals surface area contributed by atoms with Gasteiger partial charge in [-0.05, 0) is 44.2 Å². The van der Waals surface area contributed by atoms with E-state index in [1.54, 1.807) is 12.4 Å². The minimum atomic E-state index is 0.445. The molecule has 0 unspecified atom stereocenters. The first-order valence-electron chi connectivity index (χ1n) is 8.77. The summed E-state index contributed by atoms with van der Waals surface area (Å²) in [5.41, 5.74) is 3.52. The zero-order valence-corrected chi connectivity index (χ0v) is 15.3. The molecule has 3 aromatic rings. The topological polar surface area (TPSA) is 67.3 Å². The van der Waals surface area contributed by atoms with E-state index in [-0.39, 0.29) is 0 Å². The van der Waals surface area contributed by atoms with Gasteiger partial charge in [0.25, 0.3) is 5.88 Å². The molecule has 1 saturated heterocycles. The summed E-state index contributed by atoms with van der Waals surface area (Å²) in [4.78, 5) is 22.5. The molecule has 4 rings (SSSR count). The van der Waals surface area contributed by atoms with Crippen molar-refractivity contribution in [2.45, 2.75) is 13.8 Å². The fourth-order valence-corrected chi connectivity index (χ4v) is 2.93. The third-order valence-electron chi connectivity index (χ3n) is 4.77. The first-order chi connectivity index (χ1) is 12.6. The van der Waals surface area contributed by atoms with Crippen molar-refractivity contribution in [3.63, 3.8) is 0 Å². The Morgan fingerprint density at radius 3 is 2.46 bits per heavy atom. The average molecular weight is 350 g/mol. The second-order valence-electron chi connectivity index (χ2n) is 6.70. The van der Waals surface area contributed by atoms with Crippen LogP contribution in [0, 0.1) is 13.8 Å². The van der Waals surface area contributed by atoms with Crippen molar-refractivity contribution in [3.05, 3.63) is 41.7 Å². The van der Waals surface area contributed by atoms with Gasteiger partial charge >= 0.3 is 0 Å². The smallest absolute Gasteiger partial charge is 0.252 e. The first-order valence-corrected chi connectivity index (χ1v) is 8.77. The highest BCUT2D eigenvalue weighted by molar-refractivity contribution is 5.76. The van der Waals surface area contributed by atoms with Crippen molar-refractivity contribution in [3.8, 4) is 11.6 Å². The van der Waals surface area contributed by atoms with Crippen molar-refractivity contribution in [2.75, 3.05) is 38.1 Å². The van der Waals surface area contributed by atoms with Crippen LogP contribution in [0.4, 0.5) is 5.95 Å². The molecule has 7 nitrogen and oxygen atoms in total. The molecule has 0 amide bonds. The van der Waals surface area contributed by atoms with Crippen LogP contribution in [0.5, 0.6) is 11.6 Å². The Morgan fingerprint density at radius 2 is 1.69 bits per heavy atom. The van der Waals surface area contributed by atoms with E-state index in [2.05, 4.69) is 50.6 Å². The number of anilines is 1. The molecular formula is C19H22N6O. The molecule has 7 heteroatoms. The number of rotatable bonds is 3. The Morgan fingerprint density at radius 1 is 0.923 bits per heavy atom. The van der Waals surface area contributed by atoms with Gasteiger partial charge in [-0.3, -0.25) is 0 Å². The fourth-order valence-electron chi connectivity index (χ4n) is 2.93. The summed E-state index contributed by atoms with van der Waals surface area (Å²) in [6.07, 6.45) is 3.28. The lowest BCUT2D eigenvalue weighted by Gasteiger charge is -2.32. The van der Waals surface area contributed by atoms with Crippen molar-refractivity contribution in [1.29, 1.82) is 0 Å². The Labute approximate surface area is 152 Å². The number of hydrogen-bond acceptors (Lipinski definition) is 7. The lowest BCUT2D eigenvalue weighted by Crippen LogP contribution is -2.45. The van der Waals surface area contributed by atoms with Gasteiger partial charge in [-0.25, -0.2) is 9.97 Å². The SMILES string of the molecule is Cc1ccc(Oc2nc(N3CCN(C)CC3)nc3nccnc23)cc1C. The van der Waals surface area contributed by atoms with Gasteiger partial charge in [0.05, 0.1) is 0 Å². The quantitative estimate of drug-likeness (QED) is 0.719. The number of nitrogens with zero attached hydrogens (tertiary/aromatic N) is 6. The van der Waals surface area contributed by atoms with Gasteiger partial charge in [0, 0.05) is 38.6 Å². The van der Waals surface area contributed by atoms with E-state index < -0.39 is 0 Å². The van der Waals surface area contributed by atoms with Gasteiger partial charge in [0.2, 0.25) is 5.95 Å². The van der Waals surface area contributed by atoms with Gasteiger partial charge < -0.3 is 14.5 Å². The Balaban J connectivity index is 1.73. The first kappa shape index (κ1) is 16.7. The molecule has 1 aliphatic heterocycles. The molecule has 134 valence electrons. The van der Waals surface area contributed by atoms with Crippen LogP contribution in [-0.4, -0.2) is 58.1 Å². The highest BCUT2D eigenvalue weighted by Crippen LogP contribution is 2.28. The lowest BCUT2D eigenvalue weighted by atomic mass is 10.1. The molecule has 0 saturated carbocycles. The van der Waals surface area contributed by atoms with Crippen LogP contribution in [0.3, 0.4) is 0 Å². The molecule has 0 aliphatic carbocycles. The summed E-state index contributed by atoms with van der Waals surface area (Å²) in [6.45, 7) is 7.87. The van der Waals surface area contributed by atoms with Crippen molar-refractivity contribution < 1.29 is 4.74 Å². The van der Waals surface area contributed by atoms with Crippen molar-refractivity contribution in [2.24, 2.45) is 0 Å². The van der Waals surface area contributed by atoms with Crippen molar-refractivity contribution in [1.82, 2.24) is 24.8 Å². The maximum Gasteiger partial charge on any atom is 0.252 e. The van der Waals surface area contributed by atoms with E-state index >= 15 is 0 Å². The van der Waals surface area contributed by atoms with E-state index in [0.717, 1.165) is 31.9 Å². The second kappa shape index (κ2) is 6.84. The van der Waals surface area contributed by atoms with Gasteiger partial charge in [-0.2, -0.15) is 9.97 Å². The predicted octanol–water partition coefficient (Wildman–Crippen LogP) is 2.58. The average Bonchev–Trinajstić information content (AvgIpc) is 2.65. The third-order valence-corrected chi connectivity index (χ3v) is 4.77. The van der Waals surface area contributed by atoms with Gasteiger partial charge in [-0.1, -0.05) is 6.07 Å². The minimum absolute atomic E-state index is 0.445. The van der Waals surface area contributed by atoms with E-state index in [9.17, 15) is 0 Å². The lowest BCUT2D eigenvalue weighted by molar-refractivity contribution is 0.311. The number of likely N-dealkylation sites (N-methyl/N-ethyl adjacent to an activating group) is 1. The van der Waals surface area contributed by atoms with Crippen LogP contribution in [0.2, 0.25) is 0 Å². The summed E-state index contributed by atoms with van der Waals surface area (Å²) < 4.78 is 6.09. The fraction of sp³-hybridized carbons (Fsp3) is 0.368. The zero-order chi connectivity index (χ0) is 18.1. The Bertz CT molecular complexity index is 936. The predicted molar refractivity (Wildman–Crippen MR) is 101 cm³/mol. The highest BCUT2D eigenvalue weighted by atomic mass is 16.5. The molecule has 0 N–H and O–H groups in total. The van der Waals surface area contributed by atoms with Gasteiger partial charge in [0.1, 0.15) is 5.75 Å². The molecule has 0 bridgehead atoms. The Hall–Kier alpha value is -2.80. The number of piperazine rings is 1. The monoisotopic (exact) mass is 350 g/mol. The maximum absolute atomic E-state index is 6.09. The largest absolute Gasteiger partial charge is 0.437 e. The molecule has 1 aliphatic rings. The van der Waals surface area contributed by atoms with Crippen LogP contribution in [0.25, 0.3) is 11.2 Å². The molecular weight excluding hydrogens is 328 g/mol. The summed E-state index contributed by atoms with van der Waals surface area (Å²) in [5, 5.41) is 0. The minimum Gasteiger partial charge on any atom is -0.437 e. The second-order valence-corrected chi connectivity index (χ2v) is 6.70. The number of hydrogen-bond donors (Lipinski definition) is 0. The van der Waals surface area contributed by atoms with E-state index in [4.69, 9.17) is 4.74 Å². The molecule has 3 heterocycles. The van der Waals surface area contributed by atoms with Crippen LogP contribution in [-0.2, 0) is 0 Å². The van der Waals surface area contributed by atoms with E-state index in [1.807, 2.05) is 18.2 Å². The molecule has 0 radical (unpaired) electrons. The molecule has 0 atom stereocenters.